The van der Waals surface area contributed by atoms with Crippen molar-refractivity contribution in [3.63, 3.8) is 0 Å². The Hall–Kier alpha value is -2.42. The van der Waals surface area contributed by atoms with Gasteiger partial charge in [0.05, 0.1) is 25.4 Å². The van der Waals surface area contributed by atoms with Gasteiger partial charge in [0.2, 0.25) is 0 Å². The van der Waals surface area contributed by atoms with Crippen molar-refractivity contribution in [2.45, 2.75) is 37.9 Å². The summed E-state index contributed by atoms with van der Waals surface area (Å²) < 4.78 is 10.0. The van der Waals surface area contributed by atoms with Gasteiger partial charge in [0.15, 0.2) is 28.8 Å². The first-order valence-electron chi connectivity index (χ1n) is 11.1. The summed E-state index contributed by atoms with van der Waals surface area (Å²) in [6.45, 7) is 0.537. The molecule has 1 amide bonds. The molecule has 1 rings (SSSR count). The second-order valence-corrected chi connectivity index (χ2v) is 7.51. The van der Waals surface area contributed by atoms with E-state index in [2.05, 4.69) is 25.9 Å². The van der Waals surface area contributed by atoms with Gasteiger partial charge in [0, 0.05) is 53.5 Å². The van der Waals surface area contributed by atoms with Crippen molar-refractivity contribution in [3.05, 3.63) is 11.4 Å². The van der Waals surface area contributed by atoms with Crippen LogP contribution in [-0.4, -0.2) is 115 Å². The monoisotopic (exact) mass is 487 g/mol. The van der Waals surface area contributed by atoms with Crippen LogP contribution >= 0.6 is 0 Å². The fourth-order valence-corrected chi connectivity index (χ4v) is 2.75. The van der Waals surface area contributed by atoms with Crippen LogP contribution in [0.3, 0.4) is 0 Å². The van der Waals surface area contributed by atoms with E-state index in [1.165, 1.54) is 0 Å². The molecule has 0 saturated carbocycles. The van der Waals surface area contributed by atoms with Crippen molar-refractivity contribution in [2.75, 3.05) is 70.9 Å². The lowest BCUT2D eigenvalue weighted by molar-refractivity contribution is 0.0776. The minimum atomic E-state index is -1.14. The number of Topliss-reactive ketones (excluding diaryl/α,β-unsaturated/α-hetero) is 1. The molecule has 0 aliphatic carbocycles. The molecular formula is C21H37N5O8. The van der Waals surface area contributed by atoms with Crippen molar-refractivity contribution in [3.8, 4) is 0 Å². The number of anilines is 2. The number of aliphatic hydroxyl groups is 4. The molecule has 1 aromatic rings. The van der Waals surface area contributed by atoms with Gasteiger partial charge in [-0.3, -0.25) is 9.59 Å². The zero-order valence-electron chi connectivity index (χ0n) is 19.7. The molecule has 0 fully saturated rings. The maximum Gasteiger partial charge on any atom is 0.273 e. The standard InChI is InChI=1S/C21H37N5O8/c1-33-9-3-7-22-19-17(16(31)6-5-14(29)12-27)25-20(23-8-4-10-34-2)18(26-19)21(32)24-11-15(30)13-28/h14-15,27-30H,3-13H2,1-2H3,(H,22,26)(H,23,25)(H,24,32). The molecule has 194 valence electrons. The Kier molecular flexibility index (Phi) is 14.9. The SMILES string of the molecule is COCCCNc1nc(C(=O)NCC(O)CO)c(NCCCOC)nc1C(=O)CCC(O)CO. The molecule has 0 aliphatic rings. The third kappa shape index (κ3) is 10.7. The summed E-state index contributed by atoms with van der Waals surface area (Å²) in [5, 5.41) is 45.6. The van der Waals surface area contributed by atoms with Gasteiger partial charge >= 0.3 is 0 Å². The van der Waals surface area contributed by atoms with Gasteiger partial charge < -0.3 is 45.9 Å². The van der Waals surface area contributed by atoms with Gasteiger partial charge in [0.25, 0.3) is 5.91 Å². The number of ether oxygens (including phenoxy) is 2. The molecule has 2 atom stereocenters. The number of nitrogens with zero attached hydrogens (tertiary/aromatic N) is 2. The molecule has 13 heteroatoms. The van der Waals surface area contributed by atoms with E-state index in [0.717, 1.165) is 0 Å². The number of nitrogens with one attached hydrogen (secondary N) is 3. The molecule has 0 bridgehead atoms. The zero-order valence-corrected chi connectivity index (χ0v) is 19.7. The number of amides is 1. The van der Waals surface area contributed by atoms with Crippen molar-refractivity contribution in [2.24, 2.45) is 0 Å². The second-order valence-electron chi connectivity index (χ2n) is 7.51. The van der Waals surface area contributed by atoms with E-state index in [4.69, 9.17) is 19.7 Å². The van der Waals surface area contributed by atoms with Crippen molar-refractivity contribution in [1.82, 2.24) is 15.3 Å². The third-order valence-electron chi connectivity index (χ3n) is 4.63. The maximum absolute atomic E-state index is 12.9. The number of aromatic nitrogens is 2. The first-order chi connectivity index (χ1) is 16.4. The van der Waals surface area contributed by atoms with Crippen LogP contribution in [0.1, 0.15) is 46.7 Å². The molecule has 0 spiro atoms. The van der Waals surface area contributed by atoms with Gasteiger partial charge in [-0.1, -0.05) is 0 Å². The molecule has 13 nitrogen and oxygen atoms in total. The largest absolute Gasteiger partial charge is 0.394 e. The van der Waals surface area contributed by atoms with Crippen LogP contribution in [0, 0.1) is 0 Å². The first-order valence-corrected chi connectivity index (χ1v) is 11.1. The van der Waals surface area contributed by atoms with Crippen LogP contribution in [-0.2, 0) is 9.47 Å². The minimum Gasteiger partial charge on any atom is -0.394 e. The molecule has 0 radical (unpaired) electrons. The molecule has 0 aliphatic heterocycles. The number of methoxy groups -OCH3 is 2. The molecule has 1 heterocycles. The smallest absolute Gasteiger partial charge is 0.273 e. The number of carbonyl (C=O) groups excluding carboxylic acids is 2. The van der Waals surface area contributed by atoms with Crippen molar-refractivity contribution < 1.29 is 39.5 Å². The Balaban J connectivity index is 3.26. The van der Waals surface area contributed by atoms with Crippen LogP contribution in [0.5, 0.6) is 0 Å². The van der Waals surface area contributed by atoms with E-state index in [-0.39, 0.29) is 42.4 Å². The molecule has 34 heavy (non-hydrogen) atoms. The van der Waals surface area contributed by atoms with Crippen LogP contribution in [0.25, 0.3) is 0 Å². The van der Waals surface area contributed by atoms with E-state index in [1.54, 1.807) is 14.2 Å². The minimum absolute atomic E-state index is 0.0104. The van der Waals surface area contributed by atoms with E-state index < -0.39 is 37.1 Å². The van der Waals surface area contributed by atoms with E-state index in [1.807, 2.05) is 0 Å². The molecule has 0 aromatic carbocycles. The fourth-order valence-electron chi connectivity index (χ4n) is 2.75. The lowest BCUT2D eigenvalue weighted by Crippen LogP contribution is -2.35. The van der Waals surface area contributed by atoms with Gasteiger partial charge in [0.1, 0.15) is 0 Å². The lowest BCUT2D eigenvalue weighted by atomic mass is 10.1. The quantitative estimate of drug-likeness (QED) is 0.0908. The van der Waals surface area contributed by atoms with Crippen LogP contribution < -0.4 is 16.0 Å². The maximum atomic E-state index is 12.9. The predicted octanol–water partition coefficient (Wildman–Crippen LogP) is -1.23. The number of carbonyl (C=O) groups is 2. The van der Waals surface area contributed by atoms with Gasteiger partial charge in [-0.05, 0) is 19.3 Å². The zero-order chi connectivity index (χ0) is 25.3. The van der Waals surface area contributed by atoms with Crippen molar-refractivity contribution >= 4 is 23.3 Å². The van der Waals surface area contributed by atoms with Crippen molar-refractivity contribution in [1.29, 1.82) is 0 Å². The van der Waals surface area contributed by atoms with Gasteiger partial charge in [-0.2, -0.15) is 0 Å². The average molecular weight is 488 g/mol. The van der Waals surface area contributed by atoms with E-state index >= 15 is 0 Å². The summed E-state index contributed by atoms with van der Waals surface area (Å²) in [6, 6.07) is 0. The number of ketones is 1. The lowest BCUT2D eigenvalue weighted by Gasteiger charge is -2.17. The highest BCUT2D eigenvalue weighted by atomic mass is 16.5. The van der Waals surface area contributed by atoms with Gasteiger partial charge in [-0.25, -0.2) is 9.97 Å². The predicted molar refractivity (Wildman–Crippen MR) is 124 cm³/mol. The normalized spacial score (nSPS) is 12.8. The highest BCUT2D eigenvalue weighted by Crippen LogP contribution is 2.21. The first kappa shape index (κ1) is 29.6. The summed E-state index contributed by atoms with van der Waals surface area (Å²) in [7, 11) is 3.13. The van der Waals surface area contributed by atoms with Crippen LogP contribution in [0.4, 0.5) is 11.6 Å². The summed E-state index contributed by atoms with van der Waals surface area (Å²) in [4.78, 5) is 34.4. The molecule has 0 saturated heterocycles. The average Bonchev–Trinajstić information content (AvgIpc) is 2.85. The number of aliphatic hydroxyl groups excluding tert-OH is 4. The summed E-state index contributed by atoms with van der Waals surface area (Å²) >= 11 is 0. The Morgan fingerprint density at radius 1 is 0.882 bits per heavy atom. The summed E-state index contributed by atoms with van der Waals surface area (Å²) in [5.74, 6) is -0.906. The third-order valence-corrected chi connectivity index (χ3v) is 4.63. The Labute approximate surface area is 198 Å². The highest BCUT2D eigenvalue weighted by Gasteiger charge is 2.24. The molecule has 2 unspecified atom stereocenters. The molecule has 7 N–H and O–H groups in total. The fraction of sp³-hybridized carbons (Fsp3) is 0.714. The number of hydrogen-bond acceptors (Lipinski definition) is 12. The van der Waals surface area contributed by atoms with Crippen LogP contribution in [0.2, 0.25) is 0 Å². The van der Waals surface area contributed by atoms with E-state index in [0.29, 0.717) is 39.1 Å². The number of hydrogen-bond donors (Lipinski definition) is 7. The summed E-state index contributed by atoms with van der Waals surface area (Å²) in [5.41, 5.74) is -0.104. The van der Waals surface area contributed by atoms with Crippen LogP contribution in [0.15, 0.2) is 0 Å². The Morgan fingerprint density at radius 3 is 1.94 bits per heavy atom. The van der Waals surface area contributed by atoms with Gasteiger partial charge in [-0.15, -0.1) is 0 Å². The van der Waals surface area contributed by atoms with E-state index in [9.17, 15) is 19.8 Å². The second kappa shape index (κ2) is 17.1. The topological polar surface area (TPSA) is 195 Å². The number of rotatable bonds is 19. The molecule has 1 aromatic heterocycles. The molecular weight excluding hydrogens is 450 g/mol. The highest BCUT2D eigenvalue weighted by molar-refractivity contribution is 6.02. The summed E-state index contributed by atoms with van der Waals surface area (Å²) in [6.07, 6.45) is -1.01. The Morgan fingerprint density at radius 2 is 1.41 bits per heavy atom. The Bertz CT molecular complexity index is 690.